The van der Waals surface area contributed by atoms with Gasteiger partial charge in [-0.25, -0.2) is 9.07 Å². The first-order valence-electron chi connectivity index (χ1n) is 10.3. The summed E-state index contributed by atoms with van der Waals surface area (Å²) in [5, 5.41) is 7.36. The van der Waals surface area contributed by atoms with E-state index in [9.17, 15) is 9.18 Å². The lowest BCUT2D eigenvalue weighted by Crippen LogP contribution is -2.26. The van der Waals surface area contributed by atoms with Crippen molar-refractivity contribution in [1.82, 2.24) is 24.5 Å². The zero-order chi connectivity index (χ0) is 21.9. The van der Waals surface area contributed by atoms with Gasteiger partial charge in [-0.2, -0.15) is 5.10 Å². The minimum absolute atomic E-state index is 0.223. The molecule has 0 saturated carbocycles. The lowest BCUT2D eigenvalue weighted by atomic mass is 10.1. The summed E-state index contributed by atoms with van der Waals surface area (Å²) in [5.41, 5.74) is 4.10. The van der Waals surface area contributed by atoms with E-state index < -0.39 is 0 Å². The Bertz CT molecular complexity index is 1390. The molecule has 0 aliphatic carbocycles. The molecule has 0 aliphatic rings. The second-order valence-electron chi connectivity index (χ2n) is 7.42. The number of pyridine rings is 2. The largest absolute Gasteiger partial charge is 0.350 e. The molecule has 7 heteroatoms. The number of amides is 1. The Morgan fingerprint density at radius 1 is 0.969 bits per heavy atom. The van der Waals surface area contributed by atoms with E-state index in [1.807, 2.05) is 53.1 Å². The Morgan fingerprint density at radius 3 is 2.66 bits per heavy atom. The van der Waals surface area contributed by atoms with Gasteiger partial charge in [0.2, 0.25) is 0 Å². The molecule has 0 fully saturated rings. The minimum atomic E-state index is -0.276. The van der Waals surface area contributed by atoms with E-state index in [-0.39, 0.29) is 11.7 Å². The molecule has 0 aliphatic heterocycles. The zero-order valence-electron chi connectivity index (χ0n) is 17.1. The SMILES string of the molecule is O=C(NCCc1ccncc1)c1ccn(-c2ccc3ccc(-c4cccc(F)c4)cn23)n1. The Morgan fingerprint density at radius 2 is 1.81 bits per heavy atom. The first-order valence-corrected chi connectivity index (χ1v) is 10.3. The van der Waals surface area contributed by atoms with Crippen LogP contribution >= 0.6 is 0 Å². The summed E-state index contributed by atoms with van der Waals surface area (Å²) >= 11 is 0. The number of hydrogen-bond donors (Lipinski definition) is 1. The van der Waals surface area contributed by atoms with Crippen molar-refractivity contribution >= 4 is 11.4 Å². The van der Waals surface area contributed by atoms with Crippen molar-refractivity contribution in [3.63, 3.8) is 0 Å². The lowest BCUT2D eigenvalue weighted by Gasteiger charge is -2.07. The van der Waals surface area contributed by atoms with Gasteiger partial charge in [-0.05, 0) is 71.6 Å². The number of carbonyl (C=O) groups excluding carboxylic acids is 1. The van der Waals surface area contributed by atoms with Gasteiger partial charge in [0.15, 0.2) is 5.69 Å². The number of benzene rings is 1. The van der Waals surface area contributed by atoms with E-state index in [1.165, 1.54) is 12.1 Å². The van der Waals surface area contributed by atoms with Gasteiger partial charge in [-0.15, -0.1) is 0 Å². The third-order valence-electron chi connectivity index (χ3n) is 5.29. The molecule has 5 aromatic rings. The van der Waals surface area contributed by atoms with E-state index in [0.29, 0.717) is 12.2 Å². The molecule has 0 unspecified atom stereocenters. The van der Waals surface area contributed by atoms with Crippen molar-refractivity contribution < 1.29 is 9.18 Å². The van der Waals surface area contributed by atoms with E-state index in [4.69, 9.17) is 0 Å². The Labute approximate surface area is 184 Å². The first kappa shape index (κ1) is 19.7. The fraction of sp³-hybridized carbons (Fsp3) is 0.0800. The maximum atomic E-state index is 13.7. The summed E-state index contributed by atoms with van der Waals surface area (Å²) in [6.45, 7) is 0.515. The van der Waals surface area contributed by atoms with Gasteiger partial charge in [0.25, 0.3) is 5.91 Å². The summed E-state index contributed by atoms with van der Waals surface area (Å²) in [6.07, 6.45) is 7.89. The second-order valence-corrected chi connectivity index (χ2v) is 7.42. The topological polar surface area (TPSA) is 64.2 Å². The number of fused-ring (bicyclic) bond motifs is 1. The quantitative estimate of drug-likeness (QED) is 0.441. The highest BCUT2D eigenvalue weighted by Gasteiger charge is 2.12. The summed E-state index contributed by atoms with van der Waals surface area (Å²) in [5.74, 6) is 0.287. The molecule has 4 aromatic heterocycles. The van der Waals surface area contributed by atoms with E-state index >= 15 is 0 Å². The third kappa shape index (κ3) is 4.00. The van der Waals surface area contributed by atoms with Crippen LogP contribution in [0.3, 0.4) is 0 Å². The normalized spacial score (nSPS) is 11.0. The number of aromatic nitrogens is 4. The molecular weight excluding hydrogens is 405 g/mol. The maximum absolute atomic E-state index is 13.7. The summed E-state index contributed by atoms with van der Waals surface area (Å²) in [4.78, 5) is 16.5. The molecule has 158 valence electrons. The zero-order valence-corrected chi connectivity index (χ0v) is 17.1. The molecule has 1 N–H and O–H groups in total. The smallest absolute Gasteiger partial charge is 0.271 e. The fourth-order valence-corrected chi connectivity index (χ4v) is 3.65. The van der Waals surface area contributed by atoms with E-state index in [1.54, 1.807) is 35.4 Å². The maximum Gasteiger partial charge on any atom is 0.271 e. The predicted molar refractivity (Wildman–Crippen MR) is 120 cm³/mol. The van der Waals surface area contributed by atoms with Gasteiger partial charge >= 0.3 is 0 Å². The Hall–Kier alpha value is -4.26. The number of hydrogen-bond acceptors (Lipinski definition) is 3. The molecule has 0 atom stereocenters. The molecule has 0 saturated heterocycles. The molecular formula is C25H20FN5O. The number of rotatable bonds is 6. The minimum Gasteiger partial charge on any atom is -0.350 e. The van der Waals surface area contributed by atoms with Gasteiger partial charge in [0, 0.05) is 36.8 Å². The van der Waals surface area contributed by atoms with Gasteiger partial charge in [-0.3, -0.25) is 9.78 Å². The average Bonchev–Trinajstić information content (AvgIpc) is 3.46. The van der Waals surface area contributed by atoms with Crippen molar-refractivity contribution in [2.24, 2.45) is 0 Å². The van der Waals surface area contributed by atoms with Gasteiger partial charge in [0.1, 0.15) is 11.6 Å². The summed E-state index contributed by atoms with van der Waals surface area (Å²) < 4.78 is 17.3. The molecule has 0 spiro atoms. The second kappa shape index (κ2) is 8.47. The van der Waals surface area contributed by atoms with Crippen LogP contribution < -0.4 is 5.32 Å². The number of carbonyl (C=O) groups is 1. The highest BCUT2D eigenvalue weighted by atomic mass is 19.1. The van der Waals surface area contributed by atoms with Crippen molar-refractivity contribution in [2.45, 2.75) is 6.42 Å². The van der Waals surface area contributed by atoms with Crippen LogP contribution in [0.4, 0.5) is 4.39 Å². The summed E-state index contributed by atoms with van der Waals surface area (Å²) in [7, 11) is 0. The molecule has 4 heterocycles. The molecule has 1 amide bonds. The third-order valence-corrected chi connectivity index (χ3v) is 5.29. The van der Waals surface area contributed by atoms with Crippen LogP contribution in [0.15, 0.2) is 91.5 Å². The Kier molecular flexibility index (Phi) is 5.21. The summed E-state index contributed by atoms with van der Waals surface area (Å²) in [6, 6.07) is 19.9. The van der Waals surface area contributed by atoms with Crippen LogP contribution in [0.5, 0.6) is 0 Å². The highest BCUT2D eigenvalue weighted by Crippen LogP contribution is 2.23. The molecule has 6 nitrogen and oxygen atoms in total. The lowest BCUT2D eigenvalue weighted by molar-refractivity contribution is 0.0948. The van der Waals surface area contributed by atoms with Crippen LogP contribution in [0.25, 0.3) is 22.5 Å². The standard InChI is InChI=1S/C25H20FN5O/c26-21-3-1-2-19(16-21)20-4-5-22-6-7-24(30(22)17-20)31-15-11-23(29-31)25(32)28-14-10-18-8-12-27-13-9-18/h1-9,11-13,15-17H,10,14H2,(H,28,32). The van der Waals surface area contributed by atoms with Crippen LogP contribution in [-0.2, 0) is 6.42 Å². The van der Waals surface area contributed by atoms with Crippen LogP contribution in [0.1, 0.15) is 16.1 Å². The van der Waals surface area contributed by atoms with Gasteiger partial charge in [-0.1, -0.05) is 18.2 Å². The van der Waals surface area contributed by atoms with Gasteiger partial charge < -0.3 is 9.72 Å². The fourth-order valence-electron chi connectivity index (χ4n) is 3.65. The van der Waals surface area contributed by atoms with Crippen molar-refractivity contribution in [1.29, 1.82) is 0 Å². The first-order chi connectivity index (χ1) is 15.7. The molecule has 5 rings (SSSR count). The molecule has 32 heavy (non-hydrogen) atoms. The predicted octanol–water partition coefficient (Wildman–Crippen LogP) is 4.30. The Balaban J connectivity index is 1.35. The average molecular weight is 425 g/mol. The monoisotopic (exact) mass is 425 g/mol. The van der Waals surface area contributed by atoms with Crippen molar-refractivity contribution in [3.05, 3.63) is 109 Å². The van der Waals surface area contributed by atoms with Crippen LogP contribution in [0, 0.1) is 5.82 Å². The van der Waals surface area contributed by atoms with Gasteiger partial charge in [0.05, 0.1) is 0 Å². The molecule has 0 bridgehead atoms. The van der Waals surface area contributed by atoms with E-state index in [0.717, 1.165) is 34.4 Å². The number of halogens is 1. The number of nitrogens with one attached hydrogen (secondary N) is 1. The van der Waals surface area contributed by atoms with Crippen molar-refractivity contribution in [3.8, 4) is 16.9 Å². The van der Waals surface area contributed by atoms with Crippen LogP contribution in [-0.4, -0.2) is 31.6 Å². The van der Waals surface area contributed by atoms with E-state index in [2.05, 4.69) is 15.4 Å². The van der Waals surface area contributed by atoms with Crippen LogP contribution in [0.2, 0.25) is 0 Å². The molecule has 0 radical (unpaired) electrons. The van der Waals surface area contributed by atoms with Crippen molar-refractivity contribution in [2.75, 3.05) is 6.54 Å². The number of nitrogens with zero attached hydrogens (tertiary/aromatic N) is 4. The molecule has 1 aromatic carbocycles. The highest BCUT2D eigenvalue weighted by molar-refractivity contribution is 5.92.